The van der Waals surface area contributed by atoms with Crippen molar-refractivity contribution < 1.29 is 34.1 Å². The fraction of sp³-hybridized carbons (Fsp3) is 0.357. The zero-order valence-electron chi connectivity index (χ0n) is 12.5. The van der Waals surface area contributed by atoms with Crippen molar-refractivity contribution in [2.45, 2.75) is 34.6 Å². The Bertz CT molecular complexity index is 557. The van der Waals surface area contributed by atoms with Gasteiger partial charge in [0.2, 0.25) is 5.75 Å². The Morgan fingerprint density at radius 3 is 1.81 bits per heavy atom. The number of phenolic OH excluding ortho intramolecular Hbond substituents is 1. The summed E-state index contributed by atoms with van der Waals surface area (Å²) in [5.74, 6) is -2.29. The third-order valence-corrected chi connectivity index (χ3v) is 2.23. The van der Waals surface area contributed by atoms with E-state index in [1.807, 2.05) is 0 Å². The van der Waals surface area contributed by atoms with Gasteiger partial charge in [-0.15, -0.1) is 0 Å². The van der Waals surface area contributed by atoms with E-state index >= 15 is 0 Å². The minimum absolute atomic E-state index is 0.0168. The van der Waals surface area contributed by atoms with Gasteiger partial charge in [-0.3, -0.25) is 14.4 Å². The van der Waals surface area contributed by atoms with Gasteiger partial charge in [-0.05, 0) is 31.0 Å². The molecule has 0 aliphatic rings. The molecule has 0 atom stereocenters. The molecule has 0 heterocycles. The van der Waals surface area contributed by atoms with Gasteiger partial charge in [0, 0.05) is 20.8 Å². The number of aliphatic carboxylic acids is 1. The minimum Gasteiger partial charge on any atom is -0.502 e. The van der Waals surface area contributed by atoms with Crippen LogP contribution in [-0.4, -0.2) is 28.1 Å². The van der Waals surface area contributed by atoms with Crippen LogP contribution in [0.4, 0.5) is 0 Å². The predicted octanol–water partition coefficient (Wildman–Crippen LogP) is 1.95. The van der Waals surface area contributed by atoms with Crippen LogP contribution in [0.15, 0.2) is 6.07 Å². The molecule has 1 rings (SSSR count). The zero-order chi connectivity index (χ0) is 16.7. The lowest BCUT2D eigenvalue weighted by Gasteiger charge is -2.13. The first kappa shape index (κ1) is 18.4. The van der Waals surface area contributed by atoms with Crippen molar-refractivity contribution in [1.82, 2.24) is 0 Å². The molecular weight excluding hydrogens is 280 g/mol. The summed E-state index contributed by atoms with van der Waals surface area (Å²) in [6, 6.07) is 1.51. The summed E-state index contributed by atoms with van der Waals surface area (Å²) in [5, 5.41) is 17.3. The molecule has 0 saturated carbocycles. The summed E-state index contributed by atoms with van der Waals surface area (Å²) in [4.78, 5) is 30.8. The van der Waals surface area contributed by atoms with Crippen molar-refractivity contribution in [2.24, 2.45) is 0 Å². The maximum Gasteiger partial charge on any atom is 0.308 e. The van der Waals surface area contributed by atoms with Gasteiger partial charge >= 0.3 is 11.9 Å². The molecule has 0 radical (unpaired) electrons. The van der Waals surface area contributed by atoms with Gasteiger partial charge in [-0.25, -0.2) is 0 Å². The van der Waals surface area contributed by atoms with Gasteiger partial charge in [0.25, 0.3) is 5.97 Å². The smallest absolute Gasteiger partial charge is 0.308 e. The van der Waals surface area contributed by atoms with E-state index in [1.54, 1.807) is 13.8 Å². The third kappa shape index (κ3) is 6.42. The number of carboxylic acid groups (broad SMARTS) is 1. The van der Waals surface area contributed by atoms with Crippen molar-refractivity contribution in [3.8, 4) is 17.2 Å². The van der Waals surface area contributed by atoms with E-state index in [2.05, 4.69) is 0 Å². The summed E-state index contributed by atoms with van der Waals surface area (Å²) in [6.45, 7) is 6.99. The number of carbonyl (C=O) groups is 3. The number of hydrogen-bond acceptors (Lipinski definition) is 6. The number of esters is 2. The van der Waals surface area contributed by atoms with E-state index in [0.29, 0.717) is 5.56 Å². The second kappa shape index (κ2) is 7.88. The maximum absolute atomic E-state index is 10.9. The van der Waals surface area contributed by atoms with Gasteiger partial charge in [0.05, 0.1) is 0 Å². The Labute approximate surface area is 122 Å². The van der Waals surface area contributed by atoms with Crippen molar-refractivity contribution in [3.63, 3.8) is 0 Å². The summed E-state index contributed by atoms with van der Waals surface area (Å²) < 4.78 is 9.72. The Kier molecular flexibility index (Phi) is 6.92. The highest BCUT2D eigenvalue weighted by molar-refractivity contribution is 5.75. The van der Waals surface area contributed by atoms with Crippen molar-refractivity contribution in [1.29, 1.82) is 0 Å². The van der Waals surface area contributed by atoms with E-state index in [1.165, 1.54) is 19.9 Å². The molecule has 0 aliphatic carbocycles. The fourth-order valence-corrected chi connectivity index (χ4v) is 1.34. The van der Waals surface area contributed by atoms with Crippen LogP contribution < -0.4 is 9.47 Å². The van der Waals surface area contributed by atoms with E-state index in [-0.39, 0.29) is 17.2 Å². The first-order chi connectivity index (χ1) is 9.56. The van der Waals surface area contributed by atoms with Crippen LogP contribution in [0.2, 0.25) is 0 Å². The molecule has 1 aromatic rings. The molecule has 0 saturated heterocycles. The first-order valence-corrected chi connectivity index (χ1v) is 5.95. The summed E-state index contributed by atoms with van der Waals surface area (Å²) in [6.07, 6.45) is 0. The Morgan fingerprint density at radius 2 is 1.43 bits per heavy atom. The van der Waals surface area contributed by atoms with Gasteiger partial charge < -0.3 is 19.7 Å². The summed E-state index contributed by atoms with van der Waals surface area (Å²) in [7, 11) is 0. The minimum atomic E-state index is -0.833. The third-order valence-electron chi connectivity index (χ3n) is 2.23. The maximum atomic E-state index is 10.9. The second-order valence-electron chi connectivity index (χ2n) is 4.20. The van der Waals surface area contributed by atoms with Crippen LogP contribution in [-0.2, 0) is 14.4 Å². The highest BCUT2D eigenvalue weighted by Gasteiger charge is 2.18. The number of benzene rings is 1. The predicted molar refractivity (Wildman–Crippen MR) is 73.5 cm³/mol. The normalized spacial score (nSPS) is 9.19. The molecule has 0 fully saturated rings. The van der Waals surface area contributed by atoms with Gasteiger partial charge in [0.1, 0.15) is 0 Å². The molecule has 0 aliphatic heterocycles. The number of rotatable bonds is 2. The molecule has 0 spiro atoms. The highest BCUT2D eigenvalue weighted by atomic mass is 16.6. The molecule has 0 amide bonds. The Hall–Kier alpha value is -2.57. The summed E-state index contributed by atoms with van der Waals surface area (Å²) in [5.41, 5.74) is 1.36. The van der Waals surface area contributed by atoms with E-state index in [0.717, 1.165) is 12.5 Å². The van der Waals surface area contributed by atoms with Crippen LogP contribution in [0.1, 0.15) is 31.9 Å². The lowest BCUT2D eigenvalue weighted by Crippen LogP contribution is -2.07. The van der Waals surface area contributed by atoms with E-state index < -0.39 is 17.9 Å². The lowest BCUT2D eigenvalue weighted by atomic mass is 10.1. The number of carboxylic acids is 1. The van der Waals surface area contributed by atoms with Crippen LogP contribution in [0.3, 0.4) is 0 Å². The largest absolute Gasteiger partial charge is 0.502 e. The van der Waals surface area contributed by atoms with E-state index in [9.17, 15) is 14.7 Å². The number of ether oxygens (including phenoxy) is 2. The number of aryl methyl sites for hydroxylation is 1. The number of hydrogen-bond donors (Lipinski definition) is 2. The van der Waals surface area contributed by atoms with Crippen molar-refractivity contribution in [2.75, 3.05) is 0 Å². The van der Waals surface area contributed by atoms with Crippen LogP contribution >= 0.6 is 0 Å². The van der Waals surface area contributed by atoms with Crippen LogP contribution in [0, 0.1) is 13.8 Å². The molecule has 21 heavy (non-hydrogen) atoms. The van der Waals surface area contributed by atoms with Gasteiger partial charge in [0.15, 0.2) is 11.5 Å². The number of aromatic hydroxyl groups is 1. The highest BCUT2D eigenvalue weighted by Crippen LogP contribution is 2.40. The molecule has 116 valence electrons. The zero-order valence-corrected chi connectivity index (χ0v) is 12.5. The average Bonchev–Trinajstić information content (AvgIpc) is 2.30. The van der Waals surface area contributed by atoms with Crippen LogP contribution in [0.5, 0.6) is 17.2 Å². The number of phenols is 1. The first-order valence-electron chi connectivity index (χ1n) is 5.95. The summed E-state index contributed by atoms with van der Waals surface area (Å²) >= 11 is 0. The Balaban J connectivity index is 0.000000885. The van der Waals surface area contributed by atoms with Crippen LogP contribution in [0.25, 0.3) is 0 Å². The molecule has 0 unspecified atom stereocenters. The Morgan fingerprint density at radius 1 is 1.00 bits per heavy atom. The molecule has 7 nitrogen and oxygen atoms in total. The molecule has 7 heteroatoms. The topological polar surface area (TPSA) is 110 Å². The standard InChI is InChI=1S/C12H14O5.C2H4O2/c1-6-5-10(16-8(3)13)11(15)12(7(6)2)17-9(4)14;1-2(3)4/h5,15H,1-4H3;1H3,(H,3,4). The van der Waals surface area contributed by atoms with Crippen molar-refractivity contribution >= 4 is 17.9 Å². The molecule has 1 aromatic carbocycles. The quantitative estimate of drug-likeness (QED) is 0.634. The van der Waals surface area contributed by atoms with Gasteiger partial charge in [-0.1, -0.05) is 0 Å². The average molecular weight is 298 g/mol. The molecule has 2 N–H and O–H groups in total. The molecular formula is C14H18O7. The van der Waals surface area contributed by atoms with Gasteiger partial charge in [-0.2, -0.15) is 0 Å². The molecule has 0 aromatic heterocycles. The lowest BCUT2D eigenvalue weighted by molar-refractivity contribution is -0.135. The monoisotopic (exact) mass is 298 g/mol. The number of carbonyl (C=O) groups excluding carboxylic acids is 2. The molecule has 0 bridgehead atoms. The van der Waals surface area contributed by atoms with Crippen molar-refractivity contribution in [3.05, 3.63) is 17.2 Å². The van der Waals surface area contributed by atoms with E-state index in [4.69, 9.17) is 19.4 Å². The second-order valence-corrected chi connectivity index (χ2v) is 4.20. The SMILES string of the molecule is CC(=O)O.CC(=O)Oc1cc(C)c(C)c(OC(C)=O)c1O. The fourth-order valence-electron chi connectivity index (χ4n) is 1.34.